The van der Waals surface area contributed by atoms with Crippen molar-refractivity contribution in [3.8, 4) is 23.8 Å². The van der Waals surface area contributed by atoms with Gasteiger partial charge in [-0.25, -0.2) is 0 Å². The van der Waals surface area contributed by atoms with E-state index >= 15 is 0 Å². The van der Waals surface area contributed by atoms with Crippen molar-refractivity contribution >= 4 is 35.3 Å². The molecule has 0 unspecified atom stereocenters. The molecule has 1 aliphatic carbocycles. The second-order valence-corrected chi connectivity index (χ2v) is 7.32. The van der Waals surface area contributed by atoms with Crippen molar-refractivity contribution in [2.24, 2.45) is 0 Å². The van der Waals surface area contributed by atoms with Gasteiger partial charge in [0.25, 0.3) is 0 Å². The Morgan fingerprint density at radius 3 is 2.54 bits per heavy atom. The van der Waals surface area contributed by atoms with Gasteiger partial charge in [-0.05, 0) is 53.8 Å². The number of benzene rings is 2. The fourth-order valence-electron chi connectivity index (χ4n) is 2.93. The van der Waals surface area contributed by atoms with E-state index < -0.39 is 0 Å². The van der Waals surface area contributed by atoms with Crippen molar-refractivity contribution in [1.29, 1.82) is 0 Å². The van der Waals surface area contributed by atoms with Gasteiger partial charge in [-0.3, -0.25) is 0 Å². The molecule has 0 radical (unpaired) electrons. The van der Waals surface area contributed by atoms with Gasteiger partial charge in [-0.1, -0.05) is 42.9 Å². The predicted octanol–water partition coefficient (Wildman–Crippen LogP) is 4.95. The highest BCUT2D eigenvalue weighted by Crippen LogP contribution is 2.48. The lowest BCUT2D eigenvalue weighted by Crippen LogP contribution is -2.17. The van der Waals surface area contributed by atoms with E-state index in [9.17, 15) is 5.11 Å². The lowest BCUT2D eigenvalue weighted by molar-refractivity contribution is 0.277. The summed E-state index contributed by atoms with van der Waals surface area (Å²) in [6.45, 7) is 4.58. The van der Waals surface area contributed by atoms with E-state index in [2.05, 4.69) is 25.1 Å². The number of terminal acetylenes is 1. The van der Waals surface area contributed by atoms with Crippen LogP contribution in [0.5, 0.6) is 11.5 Å². The Morgan fingerprint density at radius 2 is 1.96 bits per heavy atom. The highest BCUT2D eigenvalue weighted by Gasteiger charge is 2.45. The summed E-state index contributed by atoms with van der Waals surface area (Å²) >= 11 is 9.55. The van der Waals surface area contributed by atoms with Gasteiger partial charge in [0.2, 0.25) is 0 Å². The highest BCUT2D eigenvalue weighted by atomic mass is 32.1. The van der Waals surface area contributed by atoms with Gasteiger partial charge in [-0.15, -0.1) is 6.42 Å². The summed E-state index contributed by atoms with van der Waals surface area (Å²) in [6, 6.07) is 13.3. The third kappa shape index (κ3) is 3.95. The number of aromatic hydroxyl groups is 1. The zero-order valence-electron chi connectivity index (χ0n) is 14.4. The number of ether oxygens (including phenoxy) is 1. The standard InChI is InChI=1S/C22H20O2S2/c1-3-21(26)15(2)17-10-16(13-25)11-20(12-17)24-14-22(8-9-22)18-4-6-19(23)7-5-18/h1,4-7,10-12,23,25H,2,8-9,13-14H2. The van der Waals surface area contributed by atoms with Crippen LogP contribution >= 0.6 is 24.8 Å². The summed E-state index contributed by atoms with van der Waals surface area (Å²) in [6.07, 6.45) is 7.55. The Hall–Kier alpha value is -2.22. The molecule has 0 amide bonds. The molecule has 4 heteroatoms. The van der Waals surface area contributed by atoms with Crippen LogP contribution in [0.4, 0.5) is 0 Å². The van der Waals surface area contributed by atoms with Gasteiger partial charge < -0.3 is 9.84 Å². The summed E-state index contributed by atoms with van der Waals surface area (Å²) in [7, 11) is 0. The number of rotatable bonds is 7. The molecular weight excluding hydrogens is 360 g/mol. The smallest absolute Gasteiger partial charge is 0.120 e. The molecule has 0 heterocycles. The molecule has 1 fully saturated rings. The zero-order valence-corrected chi connectivity index (χ0v) is 16.1. The molecule has 1 N–H and O–H groups in total. The average molecular weight is 381 g/mol. The molecule has 0 spiro atoms. The summed E-state index contributed by atoms with van der Waals surface area (Å²) in [5, 5.41) is 9.48. The van der Waals surface area contributed by atoms with E-state index in [1.165, 1.54) is 5.56 Å². The molecule has 1 saturated carbocycles. The number of hydrogen-bond acceptors (Lipinski definition) is 4. The topological polar surface area (TPSA) is 29.5 Å². The molecule has 132 valence electrons. The third-order valence-electron chi connectivity index (χ3n) is 4.75. The van der Waals surface area contributed by atoms with Crippen molar-refractivity contribution in [2.75, 3.05) is 6.61 Å². The normalized spacial score (nSPS) is 14.3. The molecule has 0 aromatic heterocycles. The van der Waals surface area contributed by atoms with Crippen LogP contribution in [0.1, 0.15) is 29.5 Å². The molecule has 3 rings (SSSR count). The minimum atomic E-state index is 0.0238. The van der Waals surface area contributed by atoms with Gasteiger partial charge in [0.05, 0.1) is 11.5 Å². The van der Waals surface area contributed by atoms with E-state index in [4.69, 9.17) is 23.4 Å². The number of phenolic OH excluding ortho intramolecular Hbond substituents is 1. The summed E-state index contributed by atoms with van der Waals surface area (Å²) in [4.78, 5) is 0.398. The van der Waals surface area contributed by atoms with Crippen molar-refractivity contribution in [3.63, 3.8) is 0 Å². The number of thiol groups is 1. The van der Waals surface area contributed by atoms with Crippen LogP contribution in [0, 0.1) is 12.3 Å². The Bertz CT molecular complexity index is 887. The first-order valence-corrected chi connectivity index (χ1v) is 9.39. The largest absolute Gasteiger partial charge is 0.508 e. The van der Waals surface area contributed by atoms with Gasteiger partial charge >= 0.3 is 0 Å². The van der Waals surface area contributed by atoms with E-state index in [1.807, 2.05) is 30.3 Å². The first-order chi connectivity index (χ1) is 12.5. The maximum Gasteiger partial charge on any atom is 0.120 e. The maximum absolute atomic E-state index is 9.48. The minimum Gasteiger partial charge on any atom is -0.508 e. The zero-order chi connectivity index (χ0) is 18.7. The summed E-state index contributed by atoms with van der Waals surface area (Å²) < 4.78 is 6.13. The van der Waals surface area contributed by atoms with Crippen molar-refractivity contribution in [1.82, 2.24) is 0 Å². The van der Waals surface area contributed by atoms with E-state index in [1.54, 1.807) is 12.1 Å². The van der Waals surface area contributed by atoms with Crippen molar-refractivity contribution < 1.29 is 9.84 Å². The first-order valence-electron chi connectivity index (χ1n) is 8.35. The highest BCUT2D eigenvalue weighted by molar-refractivity contribution is 7.82. The van der Waals surface area contributed by atoms with Crippen LogP contribution in [0.25, 0.3) is 5.57 Å². The van der Waals surface area contributed by atoms with E-state index in [-0.39, 0.29) is 11.2 Å². The molecular formula is C22H20O2S2. The number of thiocarbonyl (C=S) groups is 1. The lowest BCUT2D eigenvalue weighted by Gasteiger charge is -2.18. The van der Waals surface area contributed by atoms with Gasteiger partial charge in [-0.2, -0.15) is 12.6 Å². The molecule has 0 aliphatic heterocycles. The van der Waals surface area contributed by atoms with Gasteiger partial charge in [0.1, 0.15) is 11.5 Å². The second kappa shape index (κ2) is 7.57. The lowest BCUT2D eigenvalue weighted by atomic mass is 9.97. The molecule has 0 bridgehead atoms. The maximum atomic E-state index is 9.48. The minimum absolute atomic E-state index is 0.0238. The van der Waals surface area contributed by atoms with Crippen LogP contribution in [-0.4, -0.2) is 16.6 Å². The quantitative estimate of drug-likeness (QED) is 0.308. The van der Waals surface area contributed by atoms with Gasteiger partial charge in [0.15, 0.2) is 0 Å². The van der Waals surface area contributed by atoms with Crippen LogP contribution in [0.3, 0.4) is 0 Å². The summed E-state index contributed by atoms with van der Waals surface area (Å²) in [5.74, 6) is 4.09. The first kappa shape index (κ1) is 18.6. The second-order valence-electron chi connectivity index (χ2n) is 6.59. The number of allylic oxidation sites excluding steroid dienone is 1. The summed E-state index contributed by atoms with van der Waals surface area (Å²) in [5.41, 5.74) is 3.75. The molecule has 2 nitrogen and oxygen atoms in total. The predicted molar refractivity (Wildman–Crippen MR) is 114 cm³/mol. The Kier molecular flexibility index (Phi) is 5.41. The fourth-order valence-corrected chi connectivity index (χ4v) is 3.23. The van der Waals surface area contributed by atoms with Crippen LogP contribution in [0.15, 0.2) is 49.0 Å². The molecule has 0 atom stereocenters. The third-order valence-corrected chi connectivity index (χ3v) is 5.48. The van der Waals surface area contributed by atoms with Crippen molar-refractivity contribution in [2.45, 2.75) is 24.0 Å². The Labute approximate surface area is 165 Å². The SMILES string of the molecule is C#CC(=S)C(=C)c1cc(CS)cc(OCC2(c3ccc(O)cc3)CC2)c1. The fraction of sp³-hybridized carbons (Fsp3) is 0.227. The number of hydrogen-bond donors (Lipinski definition) is 2. The number of phenols is 1. The van der Waals surface area contributed by atoms with Crippen LogP contribution < -0.4 is 4.74 Å². The monoisotopic (exact) mass is 380 g/mol. The van der Waals surface area contributed by atoms with Crippen molar-refractivity contribution in [3.05, 3.63) is 65.7 Å². The van der Waals surface area contributed by atoms with Crippen LogP contribution in [-0.2, 0) is 11.2 Å². The molecule has 2 aromatic carbocycles. The Morgan fingerprint density at radius 1 is 1.27 bits per heavy atom. The van der Waals surface area contributed by atoms with Gasteiger partial charge in [0, 0.05) is 16.7 Å². The molecule has 1 aliphatic rings. The average Bonchev–Trinajstić information content (AvgIpc) is 3.46. The molecule has 2 aromatic rings. The molecule has 0 saturated heterocycles. The molecule has 26 heavy (non-hydrogen) atoms. The Balaban J connectivity index is 1.79. The van der Waals surface area contributed by atoms with Crippen LogP contribution in [0.2, 0.25) is 0 Å². The van der Waals surface area contributed by atoms with E-state index in [0.29, 0.717) is 22.8 Å². The van der Waals surface area contributed by atoms with E-state index in [0.717, 1.165) is 29.7 Å².